The van der Waals surface area contributed by atoms with Gasteiger partial charge in [0.1, 0.15) is 5.82 Å². The van der Waals surface area contributed by atoms with Crippen LogP contribution < -0.4 is 16.6 Å². The average Bonchev–Trinajstić information content (AvgIpc) is 2.28. The highest BCUT2D eigenvalue weighted by Gasteiger charge is 2.12. The lowest BCUT2D eigenvalue weighted by Crippen LogP contribution is -2.30. The van der Waals surface area contributed by atoms with Crippen LogP contribution in [0.1, 0.15) is 13.8 Å². The standard InChI is InChI=1S/C11H20N4O/c1-8(2)10(7-16-3)14-9-4-5-13-11(6-9)15-12/h4-6,8,10H,7,12H2,1-3H3,(H2,13,14,15). The number of nitrogen functional groups attached to an aromatic ring is 1. The Morgan fingerprint density at radius 1 is 1.50 bits per heavy atom. The molecule has 1 aromatic heterocycles. The molecule has 1 unspecified atom stereocenters. The second-order valence-corrected chi connectivity index (χ2v) is 4.02. The van der Waals surface area contributed by atoms with Crippen molar-refractivity contribution in [1.29, 1.82) is 0 Å². The van der Waals surface area contributed by atoms with Crippen molar-refractivity contribution in [3.63, 3.8) is 0 Å². The Morgan fingerprint density at radius 2 is 2.25 bits per heavy atom. The van der Waals surface area contributed by atoms with E-state index in [1.165, 1.54) is 0 Å². The molecular formula is C11H20N4O. The van der Waals surface area contributed by atoms with Gasteiger partial charge >= 0.3 is 0 Å². The van der Waals surface area contributed by atoms with Gasteiger partial charge < -0.3 is 15.5 Å². The lowest BCUT2D eigenvalue weighted by Gasteiger charge is -2.22. The van der Waals surface area contributed by atoms with Gasteiger partial charge in [-0.1, -0.05) is 13.8 Å². The molecule has 4 N–H and O–H groups in total. The van der Waals surface area contributed by atoms with E-state index in [0.29, 0.717) is 18.3 Å². The van der Waals surface area contributed by atoms with Crippen LogP contribution in [-0.4, -0.2) is 24.7 Å². The van der Waals surface area contributed by atoms with Crippen molar-refractivity contribution in [3.8, 4) is 0 Å². The average molecular weight is 224 g/mol. The summed E-state index contributed by atoms with van der Waals surface area (Å²) in [6.45, 7) is 4.98. The van der Waals surface area contributed by atoms with Gasteiger partial charge in [-0.05, 0) is 12.0 Å². The van der Waals surface area contributed by atoms with Gasteiger partial charge in [-0.15, -0.1) is 0 Å². The van der Waals surface area contributed by atoms with Crippen LogP contribution in [0.5, 0.6) is 0 Å². The Morgan fingerprint density at radius 3 is 2.81 bits per heavy atom. The van der Waals surface area contributed by atoms with Gasteiger partial charge in [0.05, 0.1) is 12.6 Å². The number of nitrogens with zero attached hydrogens (tertiary/aromatic N) is 1. The highest BCUT2D eigenvalue weighted by molar-refractivity contribution is 5.51. The van der Waals surface area contributed by atoms with Crippen molar-refractivity contribution < 1.29 is 4.74 Å². The molecule has 0 amide bonds. The number of pyridine rings is 1. The SMILES string of the molecule is COCC(Nc1ccnc(NN)c1)C(C)C. The summed E-state index contributed by atoms with van der Waals surface area (Å²) in [7, 11) is 1.70. The third-order valence-electron chi connectivity index (χ3n) is 2.41. The minimum absolute atomic E-state index is 0.276. The molecule has 1 rings (SSSR count). The molecular weight excluding hydrogens is 204 g/mol. The van der Waals surface area contributed by atoms with E-state index >= 15 is 0 Å². The summed E-state index contributed by atoms with van der Waals surface area (Å²) < 4.78 is 5.18. The minimum atomic E-state index is 0.276. The van der Waals surface area contributed by atoms with Gasteiger partial charge in [0.25, 0.3) is 0 Å². The lowest BCUT2D eigenvalue weighted by atomic mass is 10.1. The molecule has 0 radical (unpaired) electrons. The molecule has 0 fully saturated rings. The molecule has 0 aliphatic carbocycles. The number of aromatic nitrogens is 1. The number of hydrogen-bond acceptors (Lipinski definition) is 5. The van der Waals surface area contributed by atoms with E-state index < -0.39 is 0 Å². The van der Waals surface area contributed by atoms with E-state index in [2.05, 4.69) is 29.6 Å². The summed E-state index contributed by atoms with van der Waals surface area (Å²) in [4.78, 5) is 4.05. The van der Waals surface area contributed by atoms with E-state index in [9.17, 15) is 0 Å². The van der Waals surface area contributed by atoms with Gasteiger partial charge in [-0.3, -0.25) is 0 Å². The second kappa shape index (κ2) is 6.30. The summed E-state index contributed by atoms with van der Waals surface area (Å²) >= 11 is 0. The van der Waals surface area contributed by atoms with Gasteiger partial charge in [-0.2, -0.15) is 0 Å². The highest BCUT2D eigenvalue weighted by atomic mass is 16.5. The number of hydrazine groups is 1. The van der Waals surface area contributed by atoms with E-state index in [1.807, 2.05) is 12.1 Å². The third kappa shape index (κ3) is 3.67. The van der Waals surface area contributed by atoms with Crippen LogP contribution in [0.3, 0.4) is 0 Å². The van der Waals surface area contributed by atoms with E-state index in [4.69, 9.17) is 10.6 Å². The molecule has 0 spiro atoms. The molecule has 16 heavy (non-hydrogen) atoms. The van der Waals surface area contributed by atoms with Crippen LogP contribution >= 0.6 is 0 Å². The molecule has 0 aliphatic heterocycles. The predicted molar refractivity (Wildman–Crippen MR) is 66.2 cm³/mol. The van der Waals surface area contributed by atoms with E-state index in [1.54, 1.807) is 13.3 Å². The third-order valence-corrected chi connectivity index (χ3v) is 2.41. The molecule has 5 nitrogen and oxygen atoms in total. The molecule has 1 aromatic rings. The number of hydrogen-bond donors (Lipinski definition) is 3. The van der Waals surface area contributed by atoms with Crippen LogP contribution in [-0.2, 0) is 4.74 Å². The van der Waals surface area contributed by atoms with Crippen LogP contribution in [0.25, 0.3) is 0 Å². The van der Waals surface area contributed by atoms with Crippen LogP contribution in [0.2, 0.25) is 0 Å². The lowest BCUT2D eigenvalue weighted by molar-refractivity contribution is 0.171. The first-order chi connectivity index (χ1) is 7.67. The monoisotopic (exact) mass is 224 g/mol. The zero-order valence-electron chi connectivity index (χ0n) is 10.0. The first kappa shape index (κ1) is 12.7. The molecule has 0 aliphatic rings. The van der Waals surface area contributed by atoms with Crippen molar-refractivity contribution >= 4 is 11.5 Å². The number of nitrogens with two attached hydrogens (primary N) is 1. The number of ether oxygens (including phenoxy) is 1. The summed E-state index contributed by atoms with van der Waals surface area (Å²) in [5, 5.41) is 3.39. The molecule has 90 valence electrons. The topological polar surface area (TPSA) is 72.2 Å². The summed E-state index contributed by atoms with van der Waals surface area (Å²) in [5.74, 6) is 6.43. The Balaban J connectivity index is 2.68. The molecule has 5 heteroatoms. The number of methoxy groups -OCH3 is 1. The predicted octanol–water partition coefficient (Wildman–Crippen LogP) is 1.45. The minimum Gasteiger partial charge on any atom is -0.383 e. The van der Waals surface area contributed by atoms with Crippen molar-refractivity contribution in [2.75, 3.05) is 24.5 Å². The molecule has 0 aromatic carbocycles. The first-order valence-corrected chi connectivity index (χ1v) is 5.35. The Bertz CT molecular complexity index is 317. The van der Waals surface area contributed by atoms with Crippen LogP contribution in [0.15, 0.2) is 18.3 Å². The van der Waals surface area contributed by atoms with Crippen LogP contribution in [0, 0.1) is 5.92 Å². The zero-order valence-corrected chi connectivity index (χ0v) is 10.0. The normalized spacial score (nSPS) is 12.6. The number of anilines is 2. The fourth-order valence-corrected chi connectivity index (χ4v) is 1.39. The summed E-state index contributed by atoms with van der Waals surface area (Å²) in [6.07, 6.45) is 1.71. The first-order valence-electron chi connectivity index (χ1n) is 5.35. The smallest absolute Gasteiger partial charge is 0.141 e. The number of rotatable bonds is 6. The second-order valence-electron chi connectivity index (χ2n) is 4.02. The van der Waals surface area contributed by atoms with Crippen LogP contribution in [0.4, 0.5) is 11.5 Å². The number of nitrogens with one attached hydrogen (secondary N) is 2. The maximum atomic E-state index is 5.30. The maximum absolute atomic E-state index is 5.30. The van der Waals surface area contributed by atoms with Crippen molar-refractivity contribution in [1.82, 2.24) is 4.98 Å². The quantitative estimate of drug-likeness (QED) is 0.504. The molecule has 0 saturated carbocycles. The van der Waals surface area contributed by atoms with Gasteiger partial charge in [0.15, 0.2) is 0 Å². The Kier molecular flexibility index (Phi) is 5.01. The van der Waals surface area contributed by atoms with E-state index in [0.717, 1.165) is 5.69 Å². The fraction of sp³-hybridized carbons (Fsp3) is 0.545. The molecule has 1 heterocycles. The molecule has 0 saturated heterocycles. The summed E-state index contributed by atoms with van der Waals surface area (Å²) in [6, 6.07) is 4.05. The Labute approximate surface area is 96.4 Å². The highest BCUT2D eigenvalue weighted by Crippen LogP contribution is 2.15. The van der Waals surface area contributed by atoms with Gasteiger partial charge in [-0.25, -0.2) is 10.8 Å². The molecule has 0 bridgehead atoms. The molecule has 1 atom stereocenters. The van der Waals surface area contributed by atoms with Crippen molar-refractivity contribution in [2.45, 2.75) is 19.9 Å². The van der Waals surface area contributed by atoms with Crippen molar-refractivity contribution in [2.24, 2.45) is 11.8 Å². The fourth-order valence-electron chi connectivity index (χ4n) is 1.39. The maximum Gasteiger partial charge on any atom is 0.141 e. The van der Waals surface area contributed by atoms with Crippen molar-refractivity contribution in [3.05, 3.63) is 18.3 Å². The van der Waals surface area contributed by atoms with E-state index in [-0.39, 0.29) is 6.04 Å². The largest absolute Gasteiger partial charge is 0.383 e. The Hall–Kier alpha value is -1.33. The summed E-state index contributed by atoms with van der Waals surface area (Å²) in [5.41, 5.74) is 3.50. The van der Waals surface area contributed by atoms with Gasteiger partial charge in [0, 0.05) is 25.1 Å². The van der Waals surface area contributed by atoms with Gasteiger partial charge in [0.2, 0.25) is 0 Å². The zero-order chi connectivity index (χ0) is 12.0.